The predicted molar refractivity (Wildman–Crippen MR) is 128 cm³/mol. The molecule has 0 unspecified atom stereocenters. The monoisotopic (exact) mass is 501 g/mol. The number of carbonyl (C=O) groups is 3. The lowest BCUT2D eigenvalue weighted by molar-refractivity contribution is -0.149. The Morgan fingerprint density at radius 3 is 2.03 bits per heavy atom. The lowest BCUT2D eigenvalue weighted by atomic mass is 10.3. The number of nitrogens with one attached hydrogen (secondary N) is 1. The number of azo groups is 1. The van der Waals surface area contributed by atoms with E-state index in [0.29, 0.717) is 16.3 Å². The molecule has 0 aromatic heterocycles. The van der Waals surface area contributed by atoms with E-state index in [9.17, 15) is 22.8 Å². The van der Waals surface area contributed by atoms with E-state index in [2.05, 4.69) is 15.0 Å². The number of ether oxygens (including phenoxy) is 1. The molecule has 0 bridgehead atoms. The summed E-state index contributed by atoms with van der Waals surface area (Å²) in [5, 5.41) is 8.28. The Morgan fingerprint density at radius 1 is 0.943 bits per heavy atom. The zero-order chi connectivity index (χ0) is 25.4. The molecule has 1 saturated heterocycles. The first-order chi connectivity index (χ1) is 16.7. The van der Waals surface area contributed by atoms with Gasteiger partial charge in [-0.3, -0.25) is 14.4 Å². The SMILES string of the molecule is CN(C)c1ccc(/N=N/c2ccc(S(=O)(=O)NCCOCCC(=O)N3C(=O)CCC3=O)cc2)cc1. The number of imide groups is 3. The summed E-state index contributed by atoms with van der Waals surface area (Å²) < 4.78 is 32.5. The van der Waals surface area contributed by atoms with Crippen molar-refractivity contribution in [3.8, 4) is 0 Å². The quantitative estimate of drug-likeness (QED) is 0.284. The molecule has 3 amide bonds. The third-order valence-corrected chi connectivity index (χ3v) is 6.57. The average molecular weight is 502 g/mol. The van der Waals surface area contributed by atoms with E-state index in [1.165, 1.54) is 12.1 Å². The van der Waals surface area contributed by atoms with Crippen LogP contribution in [0.15, 0.2) is 63.7 Å². The van der Waals surface area contributed by atoms with Gasteiger partial charge in [-0.1, -0.05) is 0 Å². The summed E-state index contributed by atoms with van der Waals surface area (Å²) in [6.45, 7) is -0.0228. The first-order valence-electron chi connectivity index (χ1n) is 10.9. The minimum Gasteiger partial charge on any atom is -0.380 e. The molecule has 1 aliphatic heterocycles. The normalized spacial score (nSPS) is 14.2. The van der Waals surface area contributed by atoms with Crippen molar-refractivity contribution in [1.29, 1.82) is 0 Å². The molecule has 1 aliphatic rings. The van der Waals surface area contributed by atoms with Crippen LogP contribution in [0.1, 0.15) is 19.3 Å². The van der Waals surface area contributed by atoms with E-state index in [1.54, 1.807) is 12.1 Å². The summed E-state index contributed by atoms with van der Waals surface area (Å²) in [5.41, 5.74) is 2.22. The second kappa shape index (κ2) is 11.8. The van der Waals surface area contributed by atoms with Crippen molar-refractivity contribution in [3.63, 3.8) is 0 Å². The van der Waals surface area contributed by atoms with Gasteiger partial charge in [0.15, 0.2) is 0 Å². The van der Waals surface area contributed by atoms with Gasteiger partial charge in [-0.15, -0.1) is 0 Å². The summed E-state index contributed by atoms with van der Waals surface area (Å²) >= 11 is 0. The number of rotatable bonds is 11. The number of nitrogens with zero attached hydrogens (tertiary/aromatic N) is 4. The number of carbonyl (C=O) groups excluding carboxylic acids is 3. The molecular weight excluding hydrogens is 474 g/mol. The Balaban J connectivity index is 1.42. The van der Waals surface area contributed by atoms with E-state index in [0.717, 1.165) is 5.69 Å². The lowest BCUT2D eigenvalue weighted by Gasteiger charge is -2.12. The molecule has 0 saturated carbocycles. The fourth-order valence-electron chi connectivity index (χ4n) is 3.18. The highest BCUT2D eigenvalue weighted by Gasteiger charge is 2.33. The van der Waals surface area contributed by atoms with Gasteiger partial charge in [0.1, 0.15) is 0 Å². The van der Waals surface area contributed by atoms with Gasteiger partial charge >= 0.3 is 0 Å². The van der Waals surface area contributed by atoms with Crippen molar-refractivity contribution in [2.45, 2.75) is 24.2 Å². The van der Waals surface area contributed by atoms with E-state index < -0.39 is 27.7 Å². The summed E-state index contributed by atoms with van der Waals surface area (Å²) in [6.07, 6.45) is -0.0518. The van der Waals surface area contributed by atoms with Gasteiger partial charge in [-0.2, -0.15) is 10.2 Å². The number of amides is 3. The molecule has 35 heavy (non-hydrogen) atoms. The summed E-state index contributed by atoms with van der Waals surface area (Å²) in [6, 6.07) is 13.5. The van der Waals surface area contributed by atoms with Gasteiger partial charge < -0.3 is 9.64 Å². The fourth-order valence-corrected chi connectivity index (χ4v) is 4.20. The lowest BCUT2D eigenvalue weighted by Crippen LogP contribution is -2.36. The van der Waals surface area contributed by atoms with E-state index in [1.807, 2.05) is 43.3 Å². The highest BCUT2D eigenvalue weighted by molar-refractivity contribution is 7.89. The predicted octanol–water partition coefficient (Wildman–Crippen LogP) is 2.53. The van der Waals surface area contributed by atoms with Crippen LogP contribution < -0.4 is 9.62 Å². The molecule has 0 radical (unpaired) electrons. The number of likely N-dealkylation sites (tertiary alicyclic amines) is 1. The second-order valence-corrected chi connectivity index (χ2v) is 9.65. The van der Waals surface area contributed by atoms with Gasteiger partial charge in [0.05, 0.1) is 35.9 Å². The molecule has 186 valence electrons. The summed E-state index contributed by atoms with van der Waals surface area (Å²) in [4.78, 5) is 37.6. The Morgan fingerprint density at radius 2 is 1.49 bits per heavy atom. The van der Waals surface area contributed by atoms with Crippen LogP contribution in [-0.4, -0.2) is 64.9 Å². The second-order valence-electron chi connectivity index (χ2n) is 7.88. The van der Waals surface area contributed by atoms with Gasteiger partial charge in [0.2, 0.25) is 27.7 Å². The molecule has 0 atom stereocenters. The van der Waals surface area contributed by atoms with Crippen LogP contribution in [0.3, 0.4) is 0 Å². The van der Waals surface area contributed by atoms with Crippen LogP contribution in [0, 0.1) is 0 Å². The molecule has 3 rings (SSSR count). The maximum absolute atomic E-state index is 12.4. The van der Waals surface area contributed by atoms with Crippen molar-refractivity contribution in [1.82, 2.24) is 9.62 Å². The molecule has 0 spiro atoms. The highest BCUT2D eigenvalue weighted by atomic mass is 32.2. The Bertz CT molecular complexity index is 1180. The van der Waals surface area contributed by atoms with Gasteiger partial charge in [0, 0.05) is 39.2 Å². The standard InChI is InChI=1S/C23H27N5O6S/c1-27(2)19-7-3-17(4-8-19)25-26-18-5-9-20(10-6-18)35(32,33)24-14-16-34-15-13-23(31)28-21(29)11-12-22(28)30/h3-10,24H,11-16H2,1-2H3/b26-25+. The van der Waals surface area contributed by atoms with Crippen molar-refractivity contribution in [3.05, 3.63) is 48.5 Å². The minimum absolute atomic E-state index is 0.0114. The molecule has 1 heterocycles. The van der Waals surface area contributed by atoms with Crippen LogP contribution >= 0.6 is 0 Å². The molecule has 2 aromatic carbocycles. The van der Waals surface area contributed by atoms with Crippen molar-refractivity contribution >= 4 is 44.8 Å². The fraction of sp³-hybridized carbons (Fsp3) is 0.348. The highest BCUT2D eigenvalue weighted by Crippen LogP contribution is 2.22. The maximum atomic E-state index is 12.4. The first-order valence-corrected chi connectivity index (χ1v) is 12.4. The van der Waals surface area contributed by atoms with Crippen LogP contribution in [0.2, 0.25) is 0 Å². The number of hydrogen-bond donors (Lipinski definition) is 1. The average Bonchev–Trinajstić information content (AvgIpc) is 3.18. The zero-order valence-corrected chi connectivity index (χ0v) is 20.3. The van der Waals surface area contributed by atoms with Gasteiger partial charge in [-0.05, 0) is 48.5 Å². The third kappa shape index (κ3) is 7.25. The Kier molecular flexibility index (Phi) is 8.79. The molecule has 11 nitrogen and oxygen atoms in total. The molecule has 12 heteroatoms. The van der Waals surface area contributed by atoms with E-state index in [-0.39, 0.29) is 43.9 Å². The zero-order valence-electron chi connectivity index (χ0n) is 19.5. The van der Waals surface area contributed by atoms with Crippen LogP contribution in [0.25, 0.3) is 0 Å². The molecule has 1 N–H and O–H groups in total. The Hall–Kier alpha value is -3.48. The molecule has 1 fully saturated rings. The molecule has 0 aliphatic carbocycles. The van der Waals surface area contributed by atoms with Gasteiger partial charge in [0.25, 0.3) is 0 Å². The maximum Gasteiger partial charge on any atom is 0.240 e. The van der Waals surface area contributed by atoms with Crippen LogP contribution in [0.4, 0.5) is 17.1 Å². The number of sulfonamides is 1. The summed E-state index contributed by atoms with van der Waals surface area (Å²) in [5.74, 6) is -1.61. The smallest absolute Gasteiger partial charge is 0.240 e. The van der Waals surface area contributed by atoms with Crippen LogP contribution in [-0.2, 0) is 29.1 Å². The van der Waals surface area contributed by atoms with E-state index >= 15 is 0 Å². The van der Waals surface area contributed by atoms with Crippen molar-refractivity contribution in [2.24, 2.45) is 10.2 Å². The summed E-state index contributed by atoms with van der Waals surface area (Å²) in [7, 11) is 0.131. The van der Waals surface area contributed by atoms with Crippen molar-refractivity contribution < 1.29 is 27.5 Å². The number of benzene rings is 2. The largest absolute Gasteiger partial charge is 0.380 e. The molecular formula is C23H27N5O6S. The first kappa shape index (κ1) is 26.1. The molecule has 2 aromatic rings. The minimum atomic E-state index is -3.76. The van der Waals surface area contributed by atoms with E-state index in [4.69, 9.17) is 4.74 Å². The number of hydrogen-bond acceptors (Lipinski definition) is 9. The van der Waals surface area contributed by atoms with Crippen molar-refractivity contribution in [2.75, 3.05) is 38.8 Å². The van der Waals surface area contributed by atoms with Gasteiger partial charge in [-0.25, -0.2) is 18.0 Å². The van der Waals surface area contributed by atoms with Crippen LogP contribution in [0.5, 0.6) is 0 Å². The Labute approximate surface area is 203 Å². The third-order valence-electron chi connectivity index (χ3n) is 5.09. The topological polar surface area (TPSA) is 138 Å². The number of anilines is 1.